The zero-order valence-electron chi connectivity index (χ0n) is 7.58. The van der Waals surface area contributed by atoms with E-state index >= 15 is 0 Å². The Kier molecular flexibility index (Phi) is 7.35. The van der Waals surface area contributed by atoms with Crippen LogP contribution in [0.5, 0.6) is 0 Å². The number of hydrogen-bond acceptors (Lipinski definition) is 2. The van der Waals surface area contributed by atoms with Crippen molar-refractivity contribution in [2.75, 3.05) is 6.61 Å². The van der Waals surface area contributed by atoms with Gasteiger partial charge in [0.1, 0.15) is 6.61 Å². The molecule has 0 saturated heterocycles. The van der Waals surface area contributed by atoms with Crippen LogP contribution in [-0.2, 0) is 9.53 Å². The van der Waals surface area contributed by atoms with Crippen LogP contribution in [0.3, 0.4) is 0 Å². The maximum absolute atomic E-state index is 9.89. The Morgan fingerprint density at radius 2 is 2.33 bits per heavy atom. The second kappa shape index (κ2) is 8.05. The Morgan fingerprint density at radius 3 is 2.83 bits per heavy atom. The summed E-state index contributed by atoms with van der Waals surface area (Å²) in [5.41, 5.74) is 1.17. The Balaban J connectivity index is 3.53. The molecule has 0 unspecified atom stereocenters. The smallest absolute Gasteiger partial charge is 0.293 e. The van der Waals surface area contributed by atoms with E-state index in [1.54, 1.807) is 0 Å². The molecule has 68 valence electrons. The van der Waals surface area contributed by atoms with E-state index in [9.17, 15) is 4.79 Å². The van der Waals surface area contributed by atoms with Crippen LogP contribution >= 0.6 is 0 Å². The van der Waals surface area contributed by atoms with Gasteiger partial charge < -0.3 is 4.74 Å². The number of allylic oxidation sites excluding steroid dienone is 2. The van der Waals surface area contributed by atoms with Crippen molar-refractivity contribution in [3.05, 3.63) is 24.3 Å². The Labute approximate surface area is 73.9 Å². The third-order valence-corrected chi connectivity index (χ3v) is 1.65. The molecule has 2 nitrogen and oxygen atoms in total. The highest BCUT2D eigenvalue weighted by atomic mass is 16.5. The first-order valence-electron chi connectivity index (χ1n) is 4.15. The standard InChI is InChI=1S/C10H16O2/c1-3-5-6-7-10(4-2)8-12-9-11/h3-4,9H,1,5-8H2,2H3. The van der Waals surface area contributed by atoms with Gasteiger partial charge in [-0.2, -0.15) is 0 Å². The largest absolute Gasteiger partial charge is 0.463 e. The quantitative estimate of drug-likeness (QED) is 0.331. The molecule has 0 fully saturated rings. The van der Waals surface area contributed by atoms with E-state index in [1.807, 2.05) is 19.1 Å². The van der Waals surface area contributed by atoms with Crippen molar-refractivity contribution in [1.29, 1.82) is 0 Å². The van der Waals surface area contributed by atoms with Crippen LogP contribution in [0, 0.1) is 0 Å². The molecule has 0 radical (unpaired) electrons. The van der Waals surface area contributed by atoms with Crippen molar-refractivity contribution in [3.8, 4) is 0 Å². The van der Waals surface area contributed by atoms with Crippen molar-refractivity contribution in [3.63, 3.8) is 0 Å². The van der Waals surface area contributed by atoms with Gasteiger partial charge in [0, 0.05) is 0 Å². The van der Waals surface area contributed by atoms with Crippen molar-refractivity contribution in [2.24, 2.45) is 0 Å². The normalized spacial score (nSPS) is 10.9. The molecule has 0 saturated carbocycles. The molecule has 0 spiro atoms. The third-order valence-electron chi connectivity index (χ3n) is 1.65. The summed E-state index contributed by atoms with van der Waals surface area (Å²) in [6.45, 7) is 6.51. The van der Waals surface area contributed by atoms with Gasteiger partial charge in [0.25, 0.3) is 6.47 Å². The molecule has 0 heterocycles. The summed E-state index contributed by atoms with van der Waals surface area (Å²) in [6.07, 6.45) is 6.96. The van der Waals surface area contributed by atoms with Crippen LogP contribution in [0.2, 0.25) is 0 Å². The average Bonchev–Trinajstić information content (AvgIpc) is 2.11. The van der Waals surface area contributed by atoms with Crippen molar-refractivity contribution in [2.45, 2.75) is 26.2 Å². The topological polar surface area (TPSA) is 26.3 Å². The first-order valence-corrected chi connectivity index (χ1v) is 4.15. The number of carbonyl (C=O) groups is 1. The van der Waals surface area contributed by atoms with E-state index in [2.05, 4.69) is 11.3 Å². The van der Waals surface area contributed by atoms with Crippen LogP contribution in [0.1, 0.15) is 26.2 Å². The Bertz CT molecular complexity index is 159. The molecule has 0 aliphatic heterocycles. The monoisotopic (exact) mass is 168 g/mol. The van der Waals surface area contributed by atoms with Gasteiger partial charge in [-0.25, -0.2) is 0 Å². The van der Waals surface area contributed by atoms with Gasteiger partial charge in [-0.3, -0.25) is 4.79 Å². The van der Waals surface area contributed by atoms with Crippen molar-refractivity contribution >= 4 is 6.47 Å². The number of rotatable bonds is 7. The number of carbonyl (C=O) groups excluding carboxylic acids is 1. The van der Waals surface area contributed by atoms with Gasteiger partial charge in [-0.15, -0.1) is 6.58 Å². The zero-order valence-corrected chi connectivity index (χ0v) is 7.58. The van der Waals surface area contributed by atoms with Crippen LogP contribution < -0.4 is 0 Å². The summed E-state index contributed by atoms with van der Waals surface area (Å²) >= 11 is 0. The molecule has 0 rings (SSSR count). The van der Waals surface area contributed by atoms with E-state index in [1.165, 1.54) is 5.57 Å². The van der Waals surface area contributed by atoms with Gasteiger partial charge in [0.2, 0.25) is 0 Å². The molecule has 0 aromatic carbocycles. The maximum atomic E-state index is 9.89. The van der Waals surface area contributed by atoms with E-state index in [0.29, 0.717) is 13.1 Å². The summed E-state index contributed by atoms with van der Waals surface area (Å²) in [5, 5.41) is 0. The third kappa shape index (κ3) is 5.71. The fourth-order valence-electron chi connectivity index (χ4n) is 0.914. The molecule has 0 bridgehead atoms. The first-order chi connectivity index (χ1) is 5.85. The maximum Gasteiger partial charge on any atom is 0.293 e. The van der Waals surface area contributed by atoms with Crippen LogP contribution in [0.15, 0.2) is 24.3 Å². The molecule has 0 atom stereocenters. The number of unbranched alkanes of at least 4 members (excludes halogenated alkanes) is 1. The predicted molar refractivity (Wildman–Crippen MR) is 49.8 cm³/mol. The highest BCUT2D eigenvalue weighted by molar-refractivity contribution is 5.37. The minimum absolute atomic E-state index is 0.428. The van der Waals surface area contributed by atoms with Crippen LogP contribution in [0.25, 0.3) is 0 Å². The molecular formula is C10H16O2. The molecule has 0 aliphatic rings. The lowest BCUT2D eigenvalue weighted by molar-refractivity contribution is -0.127. The lowest BCUT2D eigenvalue weighted by Gasteiger charge is -2.03. The predicted octanol–water partition coefficient (Wildman–Crippen LogP) is 2.46. The van der Waals surface area contributed by atoms with E-state index < -0.39 is 0 Å². The molecule has 0 amide bonds. The summed E-state index contributed by atoms with van der Waals surface area (Å²) in [4.78, 5) is 9.89. The summed E-state index contributed by atoms with van der Waals surface area (Å²) in [5.74, 6) is 0. The number of ether oxygens (including phenoxy) is 1. The van der Waals surface area contributed by atoms with Crippen LogP contribution in [0.4, 0.5) is 0 Å². The second-order valence-electron chi connectivity index (χ2n) is 2.54. The molecule has 12 heavy (non-hydrogen) atoms. The molecule has 0 N–H and O–H groups in total. The van der Waals surface area contributed by atoms with E-state index in [0.717, 1.165) is 19.3 Å². The van der Waals surface area contributed by atoms with Gasteiger partial charge in [0.05, 0.1) is 0 Å². The Morgan fingerprint density at radius 1 is 1.58 bits per heavy atom. The van der Waals surface area contributed by atoms with Crippen LogP contribution in [-0.4, -0.2) is 13.1 Å². The second-order valence-corrected chi connectivity index (χ2v) is 2.54. The van der Waals surface area contributed by atoms with Gasteiger partial charge in [0.15, 0.2) is 0 Å². The lowest BCUT2D eigenvalue weighted by atomic mass is 10.1. The van der Waals surface area contributed by atoms with Gasteiger partial charge in [-0.1, -0.05) is 12.2 Å². The average molecular weight is 168 g/mol. The Hall–Kier alpha value is -1.05. The highest BCUT2D eigenvalue weighted by Crippen LogP contribution is 2.07. The minimum Gasteiger partial charge on any atom is -0.463 e. The molecule has 2 heteroatoms. The summed E-state index contributed by atoms with van der Waals surface area (Å²) in [7, 11) is 0. The van der Waals surface area contributed by atoms with E-state index in [4.69, 9.17) is 0 Å². The highest BCUT2D eigenvalue weighted by Gasteiger charge is 1.95. The lowest BCUT2D eigenvalue weighted by Crippen LogP contribution is -1.96. The zero-order chi connectivity index (χ0) is 9.23. The summed E-state index contributed by atoms with van der Waals surface area (Å²) in [6, 6.07) is 0. The first kappa shape index (κ1) is 11.0. The number of hydrogen-bond donors (Lipinski definition) is 0. The van der Waals surface area contributed by atoms with Gasteiger partial charge in [-0.05, 0) is 31.8 Å². The van der Waals surface area contributed by atoms with Crippen molar-refractivity contribution in [1.82, 2.24) is 0 Å². The SMILES string of the molecule is C=CCCCC(=CC)COC=O. The molecule has 0 aromatic rings. The minimum atomic E-state index is 0.428. The van der Waals surface area contributed by atoms with E-state index in [-0.39, 0.29) is 0 Å². The van der Waals surface area contributed by atoms with Crippen molar-refractivity contribution < 1.29 is 9.53 Å². The molecule has 0 aliphatic carbocycles. The summed E-state index contributed by atoms with van der Waals surface area (Å²) < 4.78 is 4.64. The molecular weight excluding hydrogens is 152 g/mol. The van der Waals surface area contributed by atoms with Gasteiger partial charge >= 0.3 is 0 Å². The fraction of sp³-hybridized carbons (Fsp3) is 0.500. The fourth-order valence-corrected chi connectivity index (χ4v) is 0.914. The molecule has 0 aromatic heterocycles.